The molecule has 4 nitrogen and oxygen atoms in total. The fourth-order valence-corrected chi connectivity index (χ4v) is 1.91. The lowest BCUT2D eigenvalue weighted by Crippen LogP contribution is -2.30. The zero-order valence-electron chi connectivity index (χ0n) is 12.4. The zero-order valence-corrected chi connectivity index (χ0v) is 12.4. The van der Waals surface area contributed by atoms with Crippen LogP contribution in [0, 0.1) is 5.41 Å². The molecule has 0 aliphatic carbocycles. The summed E-state index contributed by atoms with van der Waals surface area (Å²) in [4.78, 5) is 0. The minimum Gasteiger partial charge on any atom is -0.385 e. The van der Waals surface area contributed by atoms with Crippen LogP contribution in [0.5, 0.6) is 0 Å². The second kappa shape index (κ2) is 6.90. The molecule has 1 heterocycles. The van der Waals surface area contributed by atoms with E-state index in [4.69, 9.17) is 4.74 Å². The lowest BCUT2D eigenvalue weighted by atomic mass is 9.90. The summed E-state index contributed by atoms with van der Waals surface area (Å²) in [6, 6.07) is 2.18. The zero-order chi connectivity index (χ0) is 13.6. The fraction of sp³-hybridized carbons (Fsp3) is 0.786. The van der Waals surface area contributed by atoms with Gasteiger partial charge < -0.3 is 10.1 Å². The molecule has 18 heavy (non-hydrogen) atoms. The van der Waals surface area contributed by atoms with Gasteiger partial charge in [-0.2, -0.15) is 5.10 Å². The number of hydrogen-bond donors (Lipinski definition) is 1. The Morgan fingerprint density at radius 2 is 2.17 bits per heavy atom. The molecule has 0 saturated carbocycles. The van der Waals surface area contributed by atoms with E-state index in [1.807, 2.05) is 11.7 Å². The maximum atomic E-state index is 5.14. The lowest BCUT2D eigenvalue weighted by Gasteiger charge is -2.24. The number of ether oxygens (including phenoxy) is 1. The molecule has 0 aliphatic rings. The van der Waals surface area contributed by atoms with Gasteiger partial charge in [-0.1, -0.05) is 20.8 Å². The van der Waals surface area contributed by atoms with E-state index in [-0.39, 0.29) is 5.41 Å². The van der Waals surface area contributed by atoms with Crippen molar-refractivity contribution in [2.75, 3.05) is 20.3 Å². The van der Waals surface area contributed by atoms with E-state index in [1.54, 1.807) is 7.11 Å². The molecule has 4 heteroatoms. The Morgan fingerprint density at radius 1 is 1.44 bits per heavy atom. The number of rotatable bonds is 8. The first-order valence-corrected chi connectivity index (χ1v) is 6.70. The molecule has 0 spiro atoms. The third-order valence-electron chi connectivity index (χ3n) is 3.28. The van der Waals surface area contributed by atoms with Crippen LogP contribution < -0.4 is 5.32 Å². The maximum Gasteiger partial charge on any atom is 0.0625 e. The summed E-state index contributed by atoms with van der Waals surface area (Å²) in [5, 5.41) is 7.96. The van der Waals surface area contributed by atoms with Gasteiger partial charge in [-0.3, -0.25) is 4.68 Å². The number of nitrogens with one attached hydrogen (secondary N) is 1. The molecule has 0 radical (unpaired) electrons. The van der Waals surface area contributed by atoms with Gasteiger partial charge in [0.1, 0.15) is 0 Å². The van der Waals surface area contributed by atoms with Crippen molar-refractivity contribution in [1.82, 2.24) is 15.1 Å². The first-order chi connectivity index (χ1) is 8.48. The highest BCUT2D eigenvalue weighted by molar-refractivity contribution is 5.09. The maximum absolute atomic E-state index is 5.14. The van der Waals surface area contributed by atoms with E-state index in [2.05, 4.69) is 37.3 Å². The van der Waals surface area contributed by atoms with Crippen LogP contribution in [0.3, 0.4) is 0 Å². The van der Waals surface area contributed by atoms with E-state index < -0.39 is 0 Å². The van der Waals surface area contributed by atoms with Crippen molar-refractivity contribution in [2.45, 2.75) is 40.2 Å². The summed E-state index contributed by atoms with van der Waals surface area (Å²) in [5.74, 6) is 0. The Labute approximate surface area is 111 Å². The molecule has 1 N–H and O–H groups in total. The largest absolute Gasteiger partial charge is 0.385 e. The molecule has 0 aliphatic heterocycles. The Balaban J connectivity index is 2.38. The number of methoxy groups -OCH3 is 1. The summed E-state index contributed by atoms with van der Waals surface area (Å²) in [7, 11) is 3.76. The minimum atomic E-state index is 0.266. The molecule has 104 valence electrons. The van der Waals surface area contributed by atoms with Crippen LogP contribution in [-0.2, 0) is 24.8 Å². The molecule has 1 rings (SSSR count). The van der Waals surface area contributed by atoms with Crippen molar-refractivity contribution in [3.8, 4) is 0 Å². The number of aromatic nitrogens is 2. The van der Waals surface area contributed by atoms with Gasteiger partial charge in [0.15, 0.2) is 0 Å². The van der Waals surface area contributed by atoms with E-state index in [9.17, 15) is 0 Å². The van der Waals surface area contributed by atoms with Crippen molar-refractivity contribution < 1.29 is 4.74 Å². The van der Waals surface area contributed by atoms with E-state index in [0.717, 1.165) is 38.2 Å². The highest BCUT2D eigenvalue weighted by Crippen LogP contribution is 2.18. The Kier molecular flexibility index (Phi) is 5.82. The number of aryl methyl sites for hydroxylation is 2. The van der Waals surface area contributed by atoms with Crippen LogP contribution in [0.15, 0.2) is 6.07 Å². The van der Waals surface area contributed by atoms with Crippen LogP contribution in [0.1, 0.15) is 38.6 Å². The van der Waals surface area contributed by atoms with Gasteiger partial charge in [-0.25, -0.2) is 0 Å². The van der Waals surface area contributed by atoms with Gasteiger partial charge in [-0.15, -0.1) is 0 Å². The van der Waals surface area contributed by atoms with Crippen molar-refractivity contribution in [2.24, 2.45) is 12.5 Å². The van der Waals surface area contributed by atoms with Crippen molar-refractivity contribution in [3.63, 3.8) is 0 Å². The third kappa shape index (κ3) is 4.78. The van der Waals surface area contributed by atoms with Crippen molar-refractivity contribution in [3.05, 3.63) is 17.5 Å². The molecule has 0 bridgehead atoms. The molecular formula is C14H27N3O. The van der Waals surface area contributed by atoms with Crippen LogP contribution >= 0.6 is 0 Å². The highest BCUT2D eigenvalue weighted by Gasteiger charge is 2.17. The molecule has 0 saturated heterocycles. The summed E-state index contributed by atoms with van der Waals surface area (Å²) in [6.45, 7) is 9.34. The van der Waals surface area contributed by atoms with Gasteiger partial charge in [0.2, 0.25) is 0 Å². The normalized spacial score (nSPS) is 12.1. The molecular weight excluding hydrogens is 226 g/mol. The second-order valence-electron chi connectivity index (χ2n) is 5.61. The summed E-state index contributed by atoms with van der Waals surface area (Å²) >= 11 is 0. The topological polar surface area (TPSA) is 39.1 Å². The lowest BCUT2D eigenvalue weighted by molar-refractivity contribution is 0.150. The number of nitrogens with zero attached hydrogens (tertiary/aromatic N) is 2. The molecule has 0 amide bonds. The molecule has 0 atom stereocenters. The van der Waals surface area contributed by atoms with Crippen molar-refractivity contribution in [1.29, 1.82) is 0 Å². The Bertz CT molecular complexity index is 358. The SMILES string of the molecule is CCc1cc(CNCC(C)(C)CCOC)n(C)n1. The van der Waals surface area contributed by atoms with Crippen LogP contribution in [0.4, 0.5) is 0 Å². The summed E-state index contributed by atoms with van der Waals surface area (Å²) in [6.07, 6.45) is 2.06. The van der Waals surface area contributed by atoms with E-state index >= 15 is 0 Å². The third-order valence-corrected chi connectivity index (χ3v) is 3.28. The predicted octanol–water partition coefficient (Wildman–Crippen LogP) is 2.13. The predicted molar refractivity (Wildman–Crippen MR) is 74.6 cm³/mol. The summed E-state index contributed by atoms with van der Waals surface area (Å²) in [5.41, 5.74) is 2.67. The molecule has 0 unspecified atom stereocenters. The van der Waals surface area contributed by atoms with Crippen LogP contribution in [0.2, 0.25) is 0 Å². The first-order valence-electron chi connectivity index (χ1n) is 6.70. The number of hydrogen-bond acceptors (Lipinski definition) is 3. The highest BCUT2D eigenvalue weighted by atomic mass is 16.5. The van der Waals surface area contributed by atoms with Crippen LogP contribution in [0.25, 0.3) is 0 Å². The monoisotopic (exact) mass is 253 g/mol. The van der Waals surface area contributed by atoms with Crippen molar-refractivity contribution >= 4 is 0 Å². The molecule has 0 fully saturated rings. The fourth-order valence-electron chi connectivity index (χ4n) is 1.91. The Hall–Kier alpha value is -0.870. The molecule has 1 aromatic heterocycles. The average Bonchev–Trinajstić information content (AvgIpc) is 2.68. The molecule has 0 aromatic carbocycles. The van der Waals surface area contributed by atoms with Gasteiger partial charge in [0.05, 0.1) is 11.4 Å². The quantitative estimate of drug-likeness (QED) is 0.771. The Morgan fingerprint density at radius 3 is 2.72 bits per heavy atom. The van der Waals surface area contributed by atoms with Gasteiger partial charge in [0, 0.05) is 33.9 Å². The van der Waals surface area contributed by atoms with Gasteiger partial charge in [0.25, 0.3) is 0 Å². The summed E-state index contributed by atoms with van der Waals surface area (Å²) < 4.78 is 7.10. The van der Waals surface area contributed by atoms with Gasteiger partial charge >= 0.3 is 0 Å². The van der Waals surface area contributed by atoms with E-state index in [0.29, 0.717) is 0 Å². The van der Waals surface area contributed by atoms with Gasteiger partial charge in [-0.05, 0) is 24.3 Å². The second-order valence-corrected chi connectivity index (χ2v) is 5.61. The minimum absolute atomic E-state index is 0.266. The van der Waals surface area contributed by atoms with Crippen LogP contribution in [-0.4, -0.2) is 30.0 Å². The average molecular weight is 253 g/mol. The standard InChI is InChI=1S/C14H27N3O/c1-6-12-9-13(17(4)16-12)10-15-11-14(2,3)7-8-18-5/h9,15H,6-8,10-11H2,1-5H3. The smallest absolute Gasteiger partial charge is 0.0625 e. The first kappa shape index (κ1) is 15.2. The molecule has 1 aromatic rings. The van der Waals surface area contributed by atoms with E-state index in [1.165, 1.54) is 5.69 Å².